The van der Waals surface area contributed by atoms with Gasteiger partial charge in [-0.05, 0) is 17.2 Å². The second-order valence-electron chi connectivity index (χ2n) is 4.59. The van der Waals surface area contributed by atoms with Crippen LogP contribution in [0.2, 0.25) is 0 Å². The van der Waals surface area contributed by atoms with Gasteiger partial charge in [0.25, 0.3) is 0 Å². The molecule has 0 atom stereocenters. The zero-order valence-electron chi connectivity index (χ0n) is 11.1. The second kappa shape index (κ2) is 6.44. The van der Waals surface area contributed by atoms with Gasteiger partial charge in [-0.1, -0.05) is 48.5 Å². The van der Waals surface area contributed by atoms with Crippen LogP contribution in [-0.2, 0) is 12.2 Å². The number of benzene rings is 2. The number of rotatable bonds is 5. The van der Waals surface area contributed by atoms with Gasteiger partial charge in [0.1, 0.15) is 5.82 Å². The molecule has 3 rings (SSSR count). The van der Waals surface area contributed by atoms with Crippen LogP contribution in [-0.4, -0.2) is 9.97 Å². The van der Waals surface area contributed by atoms with E-state index in [0.29, 0.717) is 0 Å². The molecule has 0 aliphatic rings. The molecule has 0 aliphatic carbocycles. The van der Waals surface area contributed by atoms with Gasteiger partial charge in [-0.15, -0.1) is 11.8 Å². The molecule has 0 bridgehead atoms. The fourth-order valence-corrected chi connectivity index (χ4v) is 3.12. The Morgan fingerprint density at radius 1 is 0.950 bits per heavy atom. The summed E-state index contributed by atoms with van der Waals surface area (Å²) in [7, 11) is 0. The maximum Gasteiger partial charge on any atom is 0.110 e. The van der Waals surface area contributed by atoms with E-state index in [-0.39, 0.29) is 0 Å². The molecule has 3 aromatic rings. The van der Waals surface area contributed by atoms with E-state index in [9.17, 15) is 0 Å². The molecular formula is C17H16N2S. The molecule has 0 saturated carbocycles. The van der Waals surface area contributed by atoms with Crippen LogP contribution in [0.25, 0.3) is 0 Å². The summed E-state index contributed by atoms with van der Waals surface area (Å²) in [6.07, 6.45) is 4.52. The lowest BCUT2D eigenvalue weighted by atomic mass is 10.1. The Morgan fingerprint density at radius 2 is 1.75 bits per heavy atom. The van der Waals surface area contributed by atoms with Crippen LogP contribution in [0.15, 0.2) is 71.9 Å². The summed E-state index contributed by atoms with van der Waals surface area (Å²) < 4.78 is 0. The number of nitrogens with one attached hydrogen (secondary N) is 1. The third-order valence-electron chi connectivity index (χ3n) is 3.12. The minimum Gasteiger partial charge on any atom is -0.348 e. The summed E-state index contributed by atoms with van der Waals surface area (Å²) in [6.45, 7) is 0. The van der Waals surface area contributed by atoms with E-state index < -0.39 is 0 Å². The molecule has 0 spiro atoms. The predicted octanol–water partition coefficient (Wildman–Crippen LogP) is 4.29. The fourth-order valence-electron chi connectivity index (χ4n) is 2.10. The smallest absolute Gasteiger partial charge is 0.110 e. The molecule has 100 valence electrons. The summed E-state index contributed by atoms with van der Waals surface area (Å²) in [5.41, 5.74) is 2.67. The molecule has 0 saturated heterocycles. The van der Waals surface area contributed by atoms with E-state index in [1.54, 1.807) is 6.20 Å². The van der Waals surface area contributed by atoms with Crippen molar-refractivity contribution in [3.05, 3.63) is 83.9 Å². The second-order valence-corrected chi connectivity index (χ2v) is 5.61. The number of hydrogen-bond acceptors (Lipinski definition) is 2. The highest BCUT2D eigenvalue weighted by atomic mass is 32.2. The molecule has 1 heterocycles. The van der Waals surface area contributed by atoms with Crippen molar-refractivity contribution < 1.29 is 0 Å². The monoisotopic (exact) mass is 280 g/mol. The van der Waals surface area contributed by atoms with Crippen molar-refractivity contribution >= 4 is 11.8 Å². The minimum atomic E-state index is 0.852. The van der Waals surface area contributed by atoms with E-state index in [1.165, 1.54) is 16.0 Å². The van der Waals surface area contributed by atoms with E-state index in [4.69, 9.17) is 0 Å². The summed E-state index contributed by atoms with van der Waals surface area (Å²) in [5, 5.41) is 0. The molecule has 0 fully saturated rings. The maximum absolute atomic E-state index is 4.31. The van der Waals surface area contributed by atoms with Crippen molar-refractivity contribution in [3.8, 4) is 0 Å². The van der Waals surface area contributed by atoms with Gasteiger partial charge in [-0.2, -0.15) is 0 Å². The lowest BCUT2D eigenvalue weighted by molar-refractivity contribution is 1.00. The van der Waals surface area contributed by atoms with Crippen LogP contribution < -0.4 is 0 Å². The lowest BCUT2D eigenvalue weighted by Gasteiger charge is -2.08. The first-order valence-electron chi connectivity index (χ1n) is 6.65. The Balaban J connectivity index is 1.73. The van der Waals surface area contributed by atoms with E-state index in [1.807, 2.05) is 18.0 Å². The van der Waals surface area contributed by atoms with Crippen LogP contribution in [0, 0.1) is 0 Å². The number of nitrogens with zero attached hydrogens (tertiary/aromatic N) is 1. The average Bonchev–Trinajstić information content (AvgIpc) is 3.00. The van der Waals surface area contributed by atoms with Crippen molar-refractivity contribution in [2.75, 3.05) is 0 Å². The zero-order chi connectivity index (χ0) is 13.6. The number of thioether (sulfide) groups is 1. The first-order valence-corrected chi connectivity index (χ1v) is 7.63. The number of aromatic nitrogens is 2. The first kappa shape index (κ1) is 13.0. The van der Waals surface area contributed by atoms with Crippen molar-refractivity contribution in [2.45, 2.75) is 17.1 Å². The molecule has 1 N–H and O–H groups in total. The Hall–Kier alpha value is -2.00. The normalized spacial score (nSPS) is 10.6. The third-order valence-corrected chi connectivity index (χ3v) is 4.31. The van der Waals surface area contributed by atoms with E-state index in [2.05, 4.69) is 64.6 Å². The van der Waals surface area contributed by atoms with Crippen molar-refractivity contribution in [2.24, 2.45) is 0 Å². The standard InChI is InChI=1S/C17H16N2S/c1-2-6-14(7-3-1)13-20-16-9-5-4-8-15(16)12-17-18-10-11-19-17/h1-11H,12-13H2,(H,18,19). The highest BCUT2D eigenvalue weighted by molar-refractivity contribution is 7.98. The minimum absolute atomic E-state index is 0.852. The van der Waals surface area contributed by atoms with Crippen molar-refractivity contribution in [1.82, 2.24) is 9.97 Å². The number of aromatic amines is 1. The van der Waals surface area contributed by atoms with Gasteiger partial charge in [0.15, 0.2) is 0 Å². The molecule has 20 heavy (non-hydrogen) atoms. The van der Waals surface area contributed by atoms with E-state index in [0.717, 1.165) is 18.0 Å². The molecular weight excluding hydrogens is 264 g/mol. The van der Waals surface area contributed by atoms with Crippen molar-refractivity contribution in [3.63, 3.8) is 0 Å². The largest absolute Gasteiger partial charge is 0.348 e. The van der Waals surface area contributed by atoms with Gasteiger partial charge in [-0.3, -0.25) is 0 Å². The first-order chi connectivity index (χ1) is 9.92. The molecule has 1 aromatic heterocycles. The van der Waals surface area contributed by atoms with Gasteiger partial charge in [0.05, 0.1) is 0 Å². The maximum atomic E-state index is 4.31. The van der Waals surface area contributed by atoms with Crippen LogP contribution in [0.5, 0.6) is 0 Å². The average molecular weight is 280 g/mol. The van der Waals surface area contributed by atoms with Gasteiger partial charge in [-0.25, -0.2) is 4.98 Å². The van der Waals surface area contributed by atoms with Gasteiger partial charge < -0.3 is 4.98 Å². The highest BCUT2D eigenvalue weighted by Crippen LogP contribution is 2.27. The Morgan fingerprint density at radius 3 is 2.55 bits per heavy atom. The summed E-state index contributed by atoms with van der Waals surface area (Å²) in [4.78, 5) is 8.80. The molecule has 2 aromatic carbocycles. The van der Waals surface area contributed by atoms with Crippen molar-refractivity contribution in [1.29, 1.82) is 0 Å². The SMILES string of the molecule is c1ccc(CSc2ccccc2Cc2ncc[nH]2)cc1. The Kier molecular flexibility index (Phi) is 4.19. The quantitative estimate of drug-likeness (QED) is 0.706. The summed E-state index contributed by atoms with van der Waals surface area (Å²) in [6, 6.07) is 19.1. The molecule has 0 aliphatic heterocycles. The van der Waals surface area contributed by atoms with Gasteiger partial charge >= 0.3 is 0 Å². The molecule has 2 nitrogen and oxygen atoms in total. The fraction of sp³-hybridized carbons (Fsp3) is 0.118. The number of hydrogen-bond donors (Lipinski definition) is 1. The number of imidazole rings is 1. The summed E-state index contributed by atoms with van der Waals surface area (Å²) >= 11 is 1.88. The van der Waals surface area contributed by atoms with Crippen LogP contribution in [0.4, 0.5) is 0 Å². The predicted molar refractivity (Wildman–Crippen MR) is 83.8 cm³/mol. The lowest BCUT2D eigenvalue weighted by Crippen LogP contribution is -1.93. The van der Waals surface area contributed by atoms with Crippen LogP contribution in [0.1, 0.15) is 17.0 Å². The molecule has 0 unspecified atom stereocenters. The Bertz CT molecular complexity index is 648. The van der Waals surface area contributed by atoms with Gasteiger partial charge in [0.2, 0.25) is 0 Å². The third kappa shape index (κ3) is 3.31. The zero-order valence-corrected chi connectivity index (χ0v) is 11.9. The van der Waals surface area contributed by atoms with Crippen LogP contribution in [0.3, 0.4) is 0 Å². The molecule has 0 amide bonds. The van der Waals surface area contributed by atoms with Gasteiger partial charge in [0, 0.05) is 29.5 Å². The summed E-state index contributed by atoms with van der Waals surface area (Å²) in [5.74, 6) is 2.01. The highest BCUT2D eigenvalue weighted by Gasteiger charge is 2.05. The Labute approximate surface area is 123 Å². The van der Waals surface area contributed by atoms with Crippen LogP contribution >= 0.6 is 11.8 Å². The molecule has 3 heteroatoms. The topological polar surface area (TPSA) is 28.7 Å². The van der Waals surface area contributed by atoms with E-state index >= 15 is 0 Å². The molecule has 0 radical (unpaired) electrons. The number of H-pyrrole nitrogens is 1.